The topological polar surface area (TPSA) is 40.7 Å². The maximum Gasteiger partial charge on any atom is 0.123 e. The molecule has 1 fully saturated rings. The van der Waals surface area contributed by atoms with Gasteiger partial charge in [0.25, 0.3) is 0 Å². The summed E-state index contributed by atoms with van der Waals surface area (Å²) in [5, 5.41) is 3.54. The number of aromatic amines is 1. The summed E-state index contributed by atoms with van der Waals surface area (Å²) in [6.07, 6.45) is 12.1. The summed E-state index contributed by atoms with van der Waals surface area (Å²) in [4.78, 5) is 7.62. The Labute approximate surface area is 98.1 Å². The second-order valence-electron chi connectivity index (χ2n) is 4.82. The molecular weight excluding hydrogens is 198 g/mol. The van der Waals surface area contributed by atoms with Crippen LogP contribution in [0.2, 0.25) is 0 Å². The zero-order valence-electron chi connectivity index (χ0n) is 10.2. The lowest BCUT2D eigenvalue weighted by molar-refractivity contribution is 0.297. The molecule has 16 heavy (non-hydrogen) atoms. The van der Waals surface area contributed by atoms with Crippen molar-refractivity contribution in [2.24, 2.45) is 5.92 Å². The van der Waals surface area contributed by atoms with Crippen molar-refractivity contribution in [2.75, 3.05) is 6.54 Å². The van der Waals surface area contributed by atoms with Gasteiger partial charge in [0, 0.05) is 12.4 Å². The van der Waals surface area contributed by atoms with E-state index in [0.717, 1.165) is 18.3 Å². The van der Waals surface area contributed by atoms with Crippen LogP contribution < -0.4 is 5.32 Å². The molecule has 1 saturated carbocycles. The van der Waals surface area contributed by atoms with Crippen LogP contribution in [0, 0.1) is 5.92 Å². The van der Waals surface area contributed by atoms with Crippen molar-refractivity contribution in [3.63, 3.8) is 0 Å². The van der Waals surface area contributed by atoms with Gasteiger partial charge < -0.3 is 10.3 Å². The van der Waals surface area contributed by atoms with Crippen molar-refractivity contribution < 1.29 is 0 Å². The molecule has 90 valence electrons. The first-order valence-electron chi connectivity index (χ1n) is 6.62. The molecule has 1 aliphatic carbocycles. The minimum absolute atomic E-state index is 0.420. The second kappa shape index (κ2) is 6.04. The normalized spacial score (nSPS) is 19.8. The first-order valence-corrected chi connectivity index (χ1v) is 6.62. The maximum atomic E-state index is 4.38. The molecule has 1 aromatic rings. The van der Waals surface area contributed by atoms with Crippen LogP contribution in [0.4, 0.5) is 0 Å². The predicted octanol–water partition coefficient (Wildman–Crippen LogP) is 3.03. The van der Waals surface area contributed by atoms with Crippen molar-refractivity contribution in [3.8, 4) is 0 Å². The van der Waals surface area contributed by atoms with E-state index < -0.39 is 0 Å². The van der Waals surface area contributed by atoms with Crippen LogP contribution in [0.1, 0.15) is 57.3 Å². The van der Waals surface area contributed by atoms with Crippen molar-refractivity contribution >= 4 is 0 Å². The first-order chi connectivity index (χ1) is 7.90. The smallest absolute Gasteiger partial charge is 0.123 e. The summed E-state index contributed by atoms with van der Waals surface area (Å²) >= 11 is 0. The highest BCUT2D eigenvalue weighted by molar-refractivity contribution is 4.96. The number of rotatable bonds is 5. The van der Waals surface area contributed by atoms with Gasteiger partial charge in [-0.15, -0.1) is 0 Å². The minimum atomic E-state index is 0.420. The molecule has 0 amide bonds. The van der Waals surface area contributed by atoms with Crippen LogP contribution in [0.5, 0.6) is 0 Å². The summed E-state index contributed by atoms with van der Waals surface area (Å²) in [5.74, 6) is 2.00. The van der Waals surface area contributed by atoms with E-state index in [1.54, 1.807) is 0 Å². The Hall–Kier alpha value is -0.830. The Bertz CT molecular complexity index is 275. The van der Waals surface area contributed by atoms with Crippen molar-refractivity contribution in [3.05, 3.63) is 18.2 Å². The lowest BCUT2D eigenvalue weighted by atomic mass is 9.84. The van der Waals surface area contributed by atoms with Crippen molar-refractivity contribution in [1.29, 1.82) is 0 Å². The summed E-state index contributed by atoms with van der Waals surface area (Å²) in [5.41, 5.74) is 0. The fraction of sp³-hybridized carbons (Fsp3) is 0.769. The van der Waals surface area contributed by atoms with E-state index in [2.05, 4.69) is 22.2 Å². The molecule has 1 atom stereocenters. The summed E-state index contributed by atoms with van der Waals surface area (Å²) in [7, 11) is 0. The van der Waals surface area contributed by atoms with Gasteiger partial charge in [0.2, 0.25) is 0 Å². The van der Waals surface area contributed by atoms with Crippen molar-refractivity contribution in [2.45, 2.75) is 51.5 Å². The minimum Gasteiger partial charge on any atom is -0.347 e. The number of H-pyrrole nitrogens is 1. The third-order valence-electron chi connectivity index (χ3n) is 3.59. The molecule has 0 bridgehead atoms. The largest absolute Gasteiger partial charge is 0.347 e. The highest BCUT2D eigenvalue weighted by atomic mass is 15.0. The van der Waals surface area contributed by atoms with Gasteiger partial charge in [-0.2, -0.15) is 0 Å². The molecular formula is C13H23N3. The van der Waals surface area contributed by atoms with Crippen LogP contribution in [-0.2, 0) is 0 Å². The Morgan fingerprint density at radius 1 is 1.44 bits per heavy atom. The molecule has 1 heterocycles. The zero-order valence-corrected chi connectivity index (χ0v) is 10.2. The number of nitrogens with zero attached hydrogens (tertiary/aromatic N) is 1. The number of hydrogen-bond donors (Lipinski definition) is 2. The van der Waals surface area contributed by atoms with E-state index in [4.69, 9.17) is 0 Å². The van der Waals surface area contributed by atoms with E-state index in [-0.39, 0.29) is 0 Å². The molecule has 0 aromatic carbocycles. The third-order valence-corrected chi connectivity index (χ3v) is 3.59. The first kappa shape index (κ1) is 11.6. The molecule has 0 saturated heterocycles. The van der Waals surface area contributed by atoms with E-state index in [1.807, 2.05) is 12.4 Å². The Balaban J connectivity index is 1.91. The SMILES string of the molecule is CCNC(CC1CCCCC1)c1ncc[nH]1. The van der Waals surface area contributed by atoms with Gasteiger partial charge in [-0.1, -0.05) is 39.0 Å². The molecule has 1 aromatic heterocycles. The quantitative estimate of drug-likeness (QED) is 0.802. The number of aromatic nitrogens is 2. The zero-order chi connectivity index (χ0) is 11.2. The monoisotopic (exact) mass is 221 g/mol. The molecule has 1 aliphatic rings. The molecule has 1 unspecified atom stereocenters. The van der Waals surface area contributed by atoms with Crippen LogP contribution in [-0.4, -0.2) is 16.5 Å². The fourth-order valence-corrected chi connectivity index (χ4v) is 2.76. The molecule has 0 spiro atoms. The lowest BCUT2D eigenvalue weighted by Crippen LogP contribution is -2.25. The lowest BCUT2D eigenvalue weighted by Gasteiger charge is -2.26. The van der Waals surface area contributed by atoms with Crippen LogP contribution in [0.25, 0.3) is 0 Å². The number of nitrogens with one attached hydrogen (secondary N) is 2. The third kappa shape index (κ3) is 3.08. The summed E-state index contributed by atoms with van der Waals surface area (Å²) in [6, 6.07) is 0.420. The van der Waals surface area contributed by atoms with E-state index in [9.17, 15) is 0 Å². The number of imidazole rings is 1. The average molecular weight is 221 g/mol. The fourth-order valence-electron chi connectivity index (χ4n) is 2.76. The van der Waals surface area contributed by atoms with Gasteiger partial charge in [-0.3, -0.25) is 0 Å². The molecule has 3 nitrogen and oxygen atoms in total. The van der Waals surface area contributed by atoms with E-state index in [0.29, 0.717) is 6.04 Å². The molecule has 2 N–H and O–H groups in total. The van der Waals surface area contributed by atoms with Crippen LogP contribution in [0.15, 0.2) is 12.4 Å². The van der Waals surface area contributed by atoms with Crippen molar-refractivity contribution in [1.82, 2.24) is 15.3 Å². The van der Waals surface area contributed by atoms with Gasteiger partial charge >= 0.3 is 0 Å². The van der Waals surface area contributed by atoms with E-state index in [1.165, 1.54) is 38.5 Å². The maximum absolute atomic E-state index is 4.38. The molecule has 0 aliphatic heterocycles. The van der Waals surface area contributed by atoms with Gasteiger partial charge in [-0.25, -0.2) is 4.98 Å². The molecule has 3 heteroatoms. The van der Waals surface area contributed by atoms with Gasteiger partial charge in [0.1, 0.15) is 5.82 Å². The number of hydrogen-bond acceptors (Lipinski definition) is 2. The second-order valence-corrected chi connectivity index (χ2v) is 4.82. The van der Waals surface area contributed by atoms with E-state index >= 15 is 0 Å². The van der Waals surface area contributed by atoms with Gasteiger partial charge in [0.05, 0.1) is 6.04 Å². The standard InChI is InChI=1S/C13H23N3/c1-2-14-12(13-15-8-9-16-13)10-11-6-4-3-5-7-11/h8-9,11-12,14H,2-7,10H2,1H3,(H,15,16). The van der Waals surface area contributed by atoms with Crippen LogP contribution >= 0.6 is 0 Å². The van der Waals surface area contributed by atoms with Gasteiger partial charge in [-0.05, 0) is 18.9 Å². The average Bonchev–Trinajstić information content (AvgIpc) is 2.83. The summed E-state index contributed by atoms with van der Waals surface area (Å²) in [6.45, 7) is 3.18. The summed E-state index contributed by atoms with van der Waals surface area (Å²) < 4.78 is 0. The molecule has 0 radical (unpaired) electrons. The Kier molecular flexibility index (Phi) is 4.40. The predicted molar refractivity (Wildman–Crippen MR) is 66.2 cm³/mol. The van der Waals surface area contributed by atoms with Crippen LogP contribution in [0.3, 0.4) is 0 Å². The Morgan fingerprint density at radius 2 is 2.25 bits per heavy atom. The highest BCUT2D eigenvalue weighted by Gasteiger charge is 2.20. The molecule has 2 rings (SSSR count). The Morgan fingerprint density at radius 3 is 2.88 bits per heavy atom. The highest BCUT2D eigenvalue weighted by Crippen LogP contribution is 2.30. The van der Waals surface area contributed by atoms with Gasteiger partial charge in [0.15, 0.2) is 0 Å².